The van der Waals surface area contributed by atoms with Gasteiger partial charge in [0, 0.05) is 24.4 Å². The number of nitrogens with one attached hydrogen (secondary N) is 1. The summed E-state index contributed by atoms with van der Waals surface area (Å²) in [5.74, 6) is 0.797. The molecule has 0 bridgehead atoms. The van der Waals surface area contributed by atoms with E-state index in [1.165, 1.54) is 12.0 Å². The van der Waals surface area contributed by atoms with Crippen LogP contribution in [0.15, 0.2) is 24.5 Å². The molecule has 1 N–H and O–H groups in total. The number of pyridine rings is 1. The van der Waals surface area contributed by atoms with Gasteiger partial charge in [0.1, 0.15) is 0 Å². The summed E-state index contributed by atoms with van der Waals surface area (Å²) >= 11 is 0. The van der Waals surface area contributed by atoms with Gasteiger partial charge in [0.25, 0.3) is 0 Å². The van der Waals surface area contributed by atoms with Crippen LogP contribution < -0.4 is 5.32 Å². The van der Waals surface area contributed by atoms with Gasteiger partial charge in [-0.2, -0.15) is 0 Å². The van der Waals surface area contributed by atoms with Crippen molar-refractivity contribution in [3.63, 3.8) is 0 Å². The van der Waals surface area contributed by atoms with Crippen LogP contribution in [0.2, 0.25) is 0 Å². The Morgan fingerprint density at radius 3 is 2.93 bits per heavy atom. The first-order chi connectivity index (χ1) is 6.79. The molecular formula is C12H18N2. The fourth-order valence-corrected chi connectivity index (χ4v) is 2.24. The Labute approximate surface area is 85.7 Å². The van der Waals surface area contributed by atoms with Gasteiger partial charge in [-0.3, -0.25) is 4.98 Å². The van der Waals surface area contributed by atoms with Crippen LogP contribution in [0.25, 0.3) is 0 Å². The molecule has 0 spiro atoms. The first-order valence-corrected chi connectivity index (χ1v) is 5.41. The number of rotatable bonds is 4. The SMILES string of the molecule is CCNCC1(c2cccnc2)CC1C. The quantitative estimate of drug-likeness (QED) is 0.785. The van der Waals surface area contributed by atoms with Gasteiger partial charge in [0.05, 0.1) is 0 Å². The average Bonchev–Trinajstić information content (AvgIpc) is 2.89. The predicted octanol–water partition coefficient (Wildman–Crippen LogP) is 1.97. The molecule has 1 aromatic heterocycles. The molecule has 2 heteroatoms. The molecule has 1 aliphatic rings. The van der Waals surface area contributed by atoms with E-state index >= 15 is 0 Å². The molecule has 0 saturated heterocycles. The lowest BCUT2D eigenvalue weighted by atomic mass is 9.95. The van der Waals surface area contributed by atoms with Crippen LogP contribution >= 0.6 is 0 Å². The molecule has 1 heterocycles. The van der Waals surface area contributed by atoms with Gasteiger partial charge < -0.3 is 5.32 Å². The standard InChI is InChI=1S/C12H18N2/c1-3-13-9-12(7-10(12)2)11-5-4-6-14-8-11/h4-6,8,10,13H,3,7,9H2,1-2H3. The number of hydrogen-bond donors (Lipinski definition) is 1. The van der Waals surface area contributed by atoms with Crippen molar-refractivity contribution < 1.29 is 0 Å². The first-order valence-electron chi connectivity index (χ1n) is 5.41. The van der Waals surface area contributed by atoms with Crippen LogP contribution in [0.4, 0.5) is 0 Å². The van der Waals surface area contributed by atoms with E-state index < -0.39 is 0 Å². The molecule has 1 saturated carbocycles. The van der Waals surface area contributed by atoms with Gasteiger partial charge in [-0.15, -0.1) is 0 Å². The molecule has 1 aromatic rings. The Morgan fingerprint density at radius 1 is 1.64 bits per heavy atom. The number of nitrogens with zero attached hydrogens (tertiary/aromatic N) is 1. The minimum absolute atomic E-state index is 0.379. The monoisotopic (exact) mass is 190 g/mol. The zero-order valence-corrected chi connectivity index (χ0v) is 8.96. The van der Waals surface area contributed by atoms with Crippen molar-refractivity contribution in [1.82, 2.24) is 10.3 Å². The van der Waals surface area contributed by atoms with Crippen LogP contribution in [-0.2, 0) is 5.41 Å². The fourth-order valence-electron chi connectivity index (χ4n) is 2.24. The van der Waals surface area contributed by atoms with E-state index in [2.05, 4.69) is 30.2 Å². The van der Waals surface area contributed by atoms with Gasteiger partial charge in [-0.1, -0.05) is 19.9 Å². The van der Waals surface area contributed by atoms with E-state index in [1.807, 2.05) is 18.5 Å². The van der Waals surface area contributed by atoms with Crippen molar-refractivity contribution in [3.8, 4) is 0 Å². The molecule has 2 atom stereocenters. The summed E-state index contributed by atoms with van der Waals surface area (Å²) in [7, 11) is 0. The Balaban J connectivity index is 2.14. The summed E-state index contributed by atoms with van der Waals surface area (Å²) in [6.45, 7) is 6.62. The van der Waals surface area contributed by atoms with Crippen molar-refractivity contribution in [2.45, 2.75) is 25.7 Å². The van der Waals surface area contributed by atoms with Crippen molar-refractivity contribution in [2.75, 3.05) is 13.1 Å². The average molecular weight is 190 g/mol. The summed E-state index contributed by atoms with van der Waals surface area (Å²) in [5, 5.41) is 3.45. The highest BCUT2D eigenvalue weighted by Gasteiger charge is 2.51. The fraction of sp³-hybridized carbons (Fsp3) is 0.583. The van der Waals surface area contributed by atoms with E-state index in [0.29, 0.717) is 5.41 Å². The third-order valence-electron chi connectivity index (χ3n) is 3.38. The smallest absolute Gasteiger partial charge is 0.0306 e. The summed E-state index contributed by atoms with van der Waals surface area (Å²) < 4.78 is 0. The summed E-state index contributed by atoms with van der Waals surface area (Å²) in [4.78, 5) is 4.21. The van der Waals surface area contributed by atoms with Crippen LogP contribution in [0.3, 0.4) is 0 Å². The highest BCUT2D eigenvalue weighted by Crippen LogP contribution is 2.53. The Bertz CT molecular complexity index is 296. The maximum absolute atomic E-state index is 4.21. The molecule has 2 nitrogen and oxygen atoms in total. The predicted molar refractivity (Wildman–Crippen MR) is 58.2 cm³/mol. The Hall–Kier alpha value is -0.890. The van der Waals surface area contributed by atoms with Crippen LogP contribution in [-0.4, -0.2) is 18.1 Å². The first kappa shape index (κ1) is 9.66. The van der Waals surface area contributed by atoms with Crippen LogP contribution in [0.1, 0.15) is 25.8 Å². The van der Waals surface area contributed by atoms with E-state index in [4.69, 9.17) is 0 Å². The van der Waals surface area contributed by atoms with Crippen molar-refractivity contribution in [3.05, 3.63) is 30.1 Å². The Morgan fingerprint density at radius 2 is 2.43 bits per heavy atom. The lowest BCUT2D eigenvalue weighted by Crippen LogP contribution is -2.28. The molecule has 1 aliphatic carbocycles. The van der Waals surface area contributed by atoms with Gasteiger partial charge in [0.2, 0.25) is 0 Å². The molecule has 76 valence electrons. The second-order valence-electron chi connectivity index (χ2n) is 4.28. The highest BCUT2D eigenvalue weighted by molar-refractivity contribution is 5.31. The van der Waals surface area contributed by atoms with E-state index in [0.717, 1.165) is 19.0 Å². The molecular weight excluding hydrogens is 172 g/mol. The lowest BCUT2D eigenvalue weighted by Gasteiger charge is -2.16. The van der Waals surface area contributed by atoms with Gasteiger partial charge in [-0.25, -0.2) is 0 Å². The van der Waals surface area contributed by atoms with Gasteiger partial charge in [-0.05, 0) is 30.5 Å². The molecule has 1 fully saturated rings. The molecule has 0 aliphatic heterocycles. The largest absolute Gasteiger partial charge is 0.316 e. The third-order valence-corrected chi connectivity index (χ3v) is 3.38. The van der Waals surface area contributed by atoms with Crippen molar-refractivity contribution in [2.24, 2.45) is 5.92 Å². The second kappa shape index (κ2) is 3.70. The summed E-state index contributed by atoms with van der Waals surface area (Å²) in [5.41, 5.74) is 1.78. The maximum atomic E-state index is 4.21. The van der Waals surface area contributed by atoms with Crippen molar-refractivity contribution in [1.29, 1.82) is 0 Å². The van der Waals surface area contributed by atoms with Crippen LogP contribution in [0, 0.1) is 5.92 Å². The molecule has 0 aromatic carbocycles. The van der Waals surface area contributed by atoms with Crippen LogP contribution in [0.5, 0.6) is 0 Å². The molecule has 2 rings (SSSR count). The van der Waals surface area contributed by atoms with E-state index in [9.17, 15) is 0 Å². The number of hydrogen-bond acceptors (Lipinski definition) is 2. The number of aromatic nitrogens is 1. The number of likely N-dealkylation sites (N-methyl/N-ethyl adjacent to an activating group) is 1. The second-order valence-corrected chi connectivity index (χ2v) is 4.28. The Kier molecular flexibility index (Phi) is 2.55. The summed E-state index contributed by atoms with van der Waals surface area (Å²) in [6, 6.07) is 4.24. The zero-order chi connectivity index (χ0) is 10.0. The van der Waals surface area contributed by atoms with E-state index in [1.54, 1.807) is 0 Å². The van der Waals surface area contributed by atoms with Gasteiger partial charge in [0.15, 0.2) is 0 Å². The zero-order valence-electron chi connectivity index (χ0n) is 8.96. The van der Waals surface area contributed by atoms with Crippen molar-refractivity contribution >= 4 is 0 Å². The third kappa shape index (κ3) is 1.55. The normalized spacial score (nSPS) is 30.3. The molecule has 14 heavy (non-hydrogen) atoms. The molecule has 0 radical (unpaired) electrons. The van der Waals surface area contributed by atoms with Gasteiger partial charge >= 0.3 is 0 Å². The summed E-state index contributed by atoms with van der Waals surface area (Å²) in [6.07, 6.45) is 5.16. The lowest BCUT2D eigenvalue weighted by molar-refractivity contribution is 0.554. The highest BCUT2D eigenvalue weighted by atomic mass is 14.9. The molecule has 0 amide bonds. The minimum Gasteiger partial charge on any atom is -0.316 e. The minimum atomic E-state index is 0.379. The van der Waals surface area contributed by atoms with E-state index in [-0.39, 0.29) is 0 Å². The topological polar surface area (TPSA) is 24.9 Å². The maximum Gasteiger partial charge on any atom is 0.0306 e. The molecule has 2 unspecified atom stereocenters.